The average molecular weight is 290 g/mol. The lowest BCUT2D eigenvalue weighted by Gasteiger charge is -2.28. The molecule has 0 spiro atoms. The topological polar surface area (TPSA) is 9.86 Å². The maximum Gasteiger partial charge on any atom is 0.266 e. The minimum Gasteiger partial charge on any atom is -0.356 e. The van der Waals surface area contributed by atoms with Gasteiger partial charge in [0.15, 0.2) is 0 Å². The van der Waals surface area contributed by atoms with Crippen LogP contribution < -0.4 is 0 Å². The van der Waals surface area contributed by atoms with Gasteiger partial charge in [-0.2, -0.15) is 0 Å². The van der Waals surface area contributed by atoms with Crippen LogP contribution in [0.3, 0.4) is 0 Å². The third-order valence-electron chi connectivity index (χ3n) is 4.38. The molecule has 0 unspecified atom stereocenters. The molecule has 21 heavy (non-hydrogen) atoms. The van der Waals surface area contributed by atoms with E-state index in [-0.39, 0.29) is 0 Å². The molecule has 0 saturated heterocycles. The SMILES string of the molecule is C[Si](C)(n1ccc2ccccc21)n1ccc2ccccc21. The Hall–Kier alpha value is -2.26. The number of para-hydroxylation sites is 2. The van der Waals surface area contributed by atoms with Crippen molar-refractivity contribution in [1.82, 2.24) is 8.47 Å². The van der Waals surface area contributed by atoms with Gasteiger partial charge in [-0.05, 0) is 60.5 Å². The molecule has 0 amide bonds. The van der Waals surface area contributed by atoms with E-state index in [4.69, 9.17) is 0 Å². The van der Waals surface area contributed by atoms with Crippen LogP contribution in [0.5, 0.6) is 0 Å². The summed E-state index contributed by atoms with van der Waals surface area (Å²) in [6, 6.07) is 21.7. The lowest BCUT2D eigenvalue weighted by Crippen LogP contribution is -2.44. The Kier molecular flexibility index (Phi) is 2.59. The number of rotatable bonds is 2. The van der Waals surface area contributed by atoms with Crippen LogP contribution >= 0.6 is 0 Å². The molecule has 2 aromatic carbocycles. The quantitative estimate of drug-likeness (QED) is 0.474. The largest absolute Gasteiger partial charge is 0.356 e. The van der Waals surface area contributed by atoms with Gasteiger partial charge >= 0.3 is 0 Å². The Morgan fingerprint density at radius 2 is 1.05 bits per heavy atom. The summed E-state index contributed by atoms with van der Waals surface area (Å²) in [6.07, 6.45) is 4.48. The number of hydrogen-bond donors (Lipinski definition) is 0. The van der Waals surface area contributed by atoms with E-state index in [0.29, 0.717) is 0 Å². The van der Waals surface area contributed by atoms with E-state index in [1.54, 1.807) is 0 Å². The van der Waals surface area contributed by atoms with Crippen LogP contribution in [-0.2, 0) is 0 Å². The van der Waals surface area contributed by atoms with Crippen molar-refractivity contribution in [2.45, 2.75) is 13.1 Å². The van der Waals surface area contributed by atoms with E-state index < -0.39 is 8.40 Å². The highest BCUT2D eigenvalue weighted by Crippen LogP contribution is 2.25. The second kappa shape index (κ2) is 4.37. The molecule has 0 N–H and O–H groups in total. The Labute approximate surface area is 125 Å². The maximum atomic E-state index is 2.48. The number of nitrogens with zero attached hydrogens (tertiary/aromatic N) is 2. The smallest absolute Gasteiger partial charge is 0.266 e. The Balaban J connectivity index is 1.97. The fourth-order valence-corrected chi connectivity index (χ4v) is 5.93. The zero-order valence-electron chi connectivity index (χ0n) is 12.3. The number of fused-ring (bicyclic) bond motifs is 2. The first-order chi connectivity index (χ1) is 10.2. The van der Waals surface area contributed by atoms with E-state index >= 15 is 0 Å². The van der Waals surface area contributed by atoms with Crippen LogP contribution in [0.25, 0.3) is 21.8 Å². The molecule has 0 bridgehead atoms. The summed E-state index contributed by atoms with van der Waals surface area (Å²) in [6.45, 7) is 4.79. The molecule has 0 fully saturated rings. The van der Waals surface area contributed by atoms with Gasteiger partial charge in [-0.15, -0.1) is 0 Å². The summed E-state index contributed by atoms with van der Waals surface area (Å²) in [5, 5.41) is 2.63. The first kappa shape index (κ1) is 12.5. The van der Waals surface area contributed by atoms with Crippen LogP contribution in [0.4, 0.5) is 0 Å². The van der Waals surface area contributed by atoms with Crippen molar-refractivity contribution in [3.8, 4) is 0 Å². The fourth-order valence-electron chi connectivity index (χ4n) is 3.24. The minimum atomic E-state index is -1.85. The van der Waals surface area contributed by atoms with Crippen LogP contribution in [0.1, 0.15) is 0 Å². The van der Waals surface area contributed by atoms with E-state index in [0.717, 1.165) is 0 Å². The van der Waals surface area contributed by atoms with Crippen molar-refractivity contribution in [2.24, 2.45) is 0 Å². The summed E-state index contributed by atoms with van der Waals surface area (Å²) in [5.74, 6) is 0. The second-order valence-electron chi connectivity index (χ2n) is 5.98. The highest BCUT2D eigenvalue weighted by Gasteiger charge is 2.28. The first-order valence-corrected chi connectivity index (χ1v) is 10.2. The van der Waals surface area contributed by atoms with E-state index in [1.165, 1.54) is 21.8 Å². The van der Waals surface area contributed by atoms with Gasteiger partial charge in [0.2, 0.25) is 0 Å². The molecule has 0 radical (unpaired) electrons. The molecule has 4 aromatic rings. The van der Waals surface area contributed by atoms with Crippen molar-refractivity contribution in [3.63, 3.8) is 0 Å². The molecule has 0 aliphatic rings. The Morgan fingerprint density at radius 3 is 1.52 bits per heavy atom. The molecular formula is C18H18N2Si. The standard InChI is InChI=1S/C18H18N2Si/c1-21(2,19-13-11-15-7-3-5-9-17(15)19)20-14-12-16-8-4-6-10-18(16)20/h3-14H,1-2H3. The second-order valence-corrected chi connectivity index (χ2v) is 9.94. The number of hydrogen-bond acceptors (Lipinski definition) is 0. The van der Waals surface area contributed by atoms with Crippen LogP contribution in [0.2, 0.25) is 13.1 Å². The molecule has 0 aliphatic heterocycles. The highest BCUT2D eigenvalue weighted by atomic mass is 28.3. The third-order valence-corrected chi connectivity index (χ3v) is 7.52. The number of aromatic nitrogens is 2. The lowest BCUT2D eigenvalue weighted by atomic mass is 10.3. The highest BCUT2D eigenvalue weighted by molar-refractivity contribution is 6.75. The molecule has 2 heterocycles. The van der Waals surface area contributed by atoms with Gasteiger partial charge < -0.3 is 8.47 Å². The van der Waals surface area contributed by atoms with Crippen molar-refractivity contribution >= 4 is 30.2 Å². The summed E-state index contributed by atoms with van der Waals surface area (Å²) in [4.78, 5) is 0. The van der Waals surface area contributed by atoms with Gasteiger partial charge in [0.05, 0.1) is 0 Å². The zero-order valence-corrected chi connectivity index (χ0v) is 13.3. The van der Waals surface area contributed by atoms with Crippen molar-refractivity contribution in [1.29, 1.82) is 0 Å². The van der Waals surface area contributed by atoms with E-state index in [2.05, 4.69) is 94.6 Å². The normalized spacial score (nSPS) is 12.3. The molecule has 3 heteroatoms. The van der Waals surface area contributed by atoms with E-state index in [1.807, 2.05) is 0 Å². The third kappa shape index (κ3) is 1.78. The predicted octanol–water partition coefficient (Wildman–Crippen LogP) is 4.69. The zero-order chi connectivity index (χ0) is 14.4. The lowest BCUT2D eigenvalue weighted by molar-refractivity contribution is 1.06. The molecule has 2 aromatic heterocycles. The average Bonchev–Trinajstić information content (AvgIpc) is 3.12. The summed E-state index contributed by atoms with van der Waals surface area (Å²) < 4.78 is 4.96. The van der Waals surface area contributed by atoms with Gasteiger partial charge in [-0.25, -0.2) is 0 Å². The van der Waals surface area contributed by atoms with Crippen molar-refractivity contribution < 1.29 is 0 Å². The Bertz CT molecular complexity index is 854. The van der Waals surface area contributed by atoms with E-state index in [9.17, 15) is 0 Å². The molecule has 0 saturated carbocycles. The van der Waals surface area contributed by atoms with Crippen LogP contribution in [-0.4, -0.2) is 16.9 Å². The Morgan fingerprint density at radius 1 is 0.619 bits per heavy atom. The van der Waals surface area contributed by atoms with Gasteiger partial charge in [0.25, 0.3) is 8.40 Å². The predicted molar refractivity (Wildman–Crippen MR) is 92.2 cm³/mol. The first-order valence-electron chi connectivity index (χ1n) is 7.31. The van der Waals surface area contributed by atoms with Crippen LogP contribution in [0, 0.1) is 0 Å². The minimum absolute atomic E-state index is 1.31. The molecule has 0 atom stereocenters. The van der Waals surface area contributed by atoms with Gasteiger partial charge in [0.1, 0.15) is 0 Å². The summed E-state index contributed by atoms with van der Waals surface area (Å²) >= 11 is 0. The fraction of sp³-hybridized carbons (Fsp3) is 0.111. The van der Waals surface area contributed by atoms with Gasteiger partial charge in [0, 0.05) is 11.0 Å². The van der Waals surface area contributed by atoms with Gasteiger partial charge in [-0.3, -0.25) is 0 Å². The molecule has 2 nitrogen and oxygen atoms in total. The molecule has 4 rings (SSSR count). The summed E-state index contributed by atoms with van der Waals surface area (Å²) in [5.41, 5.74) is 2.65. The number of benzene rings is 2. The van der Waals surface area contributed by atoms with Crippen molar-refractivity contribution in [2.75, 3.05) is 0 Å². The monoisotopic (exact) mass is 290 g/mol. The summed E-state index contributed by atoms with van der Waals surface area (Å²) in [7, 11) is -1.85. The maximum absolute atomic E-state index is 2.48. The van der Waals surface area contributed by atoms with Crippen LogP contribution in [0.15, 0.2) is 73.1 Å². The van der Waals surface area contributed by atoms with Gasteiger partial charge in [-0.1, -0.05) is 36.4 Å². The molecular weight excluding hydrogens is 272 g/mol. The van der Waals surface area contributed by atoms with Crippen molar-refractivity contribution in [3.05, 3.63) is 73.1 Å². The molecule has 104 valence electrons. The molecule has 0 aliphatic carbocycles.